The predicted octanol–water partition coefficient (Wildman–Crippen LogP) is 5.34. The van der Waals surface area contributed by atoms with Crippen LogP contribution in [-0.2, 0) is 43.8 Å². The fraction of sp³-hybridized carbons (Fsp3) is 0.523. The summed E-state index contributed by atoms with van der Waals surface area (Å²) in [6, 6.07) is 13.4. The summed E-state index contributed by atoms with van der Waals surface area (Å²) in [7, 11) is 1.69. The quantitative estimate of drug-likeness (QED) is 0.0554. The molecule has 15 nitrogen and oxygen atoms in total. The highest BCUT2D eigenvalue weighted by Gasteiger charge is 2.31. The molecule has 1 aliphatic carbocycles. The van der Waals surface area contributed by atoms with Gasteiger partial charge in [0.05, 0.1) is 56.6 Å². The number of rotatable bonds is 21. The summed E-state index contributed by atoms with van der Waals surface area (Å²) >= 11 is 0. The highest BCUT2D eigenvalue weighted by atomic mass is 19.4. The molecule has 3 aromatic heterocycles. The van der Waals surface area contributed by atoms with Crippen LogP contribution in [-0.4, -0.2) is 106 Å². The third kappa shape index (κ3) is 11.5. The second kappa shape index (κ2) is 20.8. The number of nitrogens with one attached hydrogen (secondary N) is 3. The zero-order chi connectivity index (χ0) is 43.6. The number of aryl methyl sites for hydroxylation is 2. The number of piperidine rings is 1. The molecular formula is C44H55F3N8O7. The fourth-order valence-electron chi connectivity index (χ4n) is 8.17. The van der Waals surface area contributed by atoms with E-state index < -0.39 is 24.5 Å². The first-order valence-corrected chi connectivity index (χ1v) is 21.4. The van der Waals surface area contributed by atoms with E-state index in [-0.39, 0.29) is 42.7 Å². The van der Waals surface area contributed by atoms with Gasteiger partial charge in [-0.2, -0.15) is 18.2 Å². The standard InChI is InChI=1S/C44H55F3N8O7/c1-53-38-25-29(6-13-36(38)55(43(53)59)37-14-15-39(57)51-41(37)58)3-2-19-60-21-23-62-24-22-61-20-18-48-26-30-4-7-31(8-5-30)35-28-54(32-9-11-33(56)12-10-32)40-34(35)27-50-42(52-40)49-17-16-44(45,46)47/h4-8,13,25,27-28,32-33,37,48,56H,2-3,9-12,14-24,26H2,1H3,(H,49,50,52)(H,51,57,58)/t32?,33?,37-/m0/s1. The van der Waals surface area contributed by atoms with Crippen LogP contribution in [0, 0.1) is 0 Å². The van der Waals surface area contributed by atoms with Gasteiger partial charge in [0.15, 0.2) is 0 Å². The maximum atomic E-state index is 13.0. The Morgan fingerprint density at radius 2 is 1.58 bits per heavy atom. The smallest absolute Gasteiger partial charge is 0.390 e. The number of anilines is 1. The van der Waals surface area contributed by atoms with Gasteiger partial charge >= 0.3 is 11.9 Å². The number of aliphatic hydroxyl groups excluding tert-OH is 1. The third-order valence-corrected chi connectivity index (χ3v) is 11.5. The lowest BCUT2D eigenvalue weighted by molar-refractivity contribution is -0.136. The Balaban J connectivity index is 0.769. The van der Waals surface area contributed by atoms with E-state index in [9.17, 15) is 32.7 Å². The van der Waals surface area contributed by atoms with Gasteiger partial charge in [-0.3, -0.25) is 24.0 Å². The normalized spacial score (nSPS) is 18.5. The van der Waals surface area contributed by atoms with E-state index in [1.807, 2.05) is 30.3 Å². The number of nitrogens with zero attached hydrogens (tertiary/aromatic N) is 5. The number of fused-ring (bicyclic) bond motifs is 2. The molecule has 4 heterocycles. The first-order valence-electron chi connectivity index (χ1n) is 21.4. The lowest BCUT2D eigenvalue weighted by Gasteiger charge is -2.27. The van der Waals surface area contributed by atoms with Crippen molar-refractivity contribution in [2.24, 2.45) is 7.05 Å². The summed E-state index contributed by atoms with van der Waals surface area (Å²) in [6.07, 6.45) is 3.14. The van der Waals surface area contributed by atoms with Crippen molar-refractivity contribution in [2.75, 3.05) is 58.0 Å². The van der Waals surface area contributed by atoms with Crippen molar-refractivity contribution < 1.29 is 42.1 Å². The van der Waals surface area contributed by atoms with E-state index in [1.165, 1.54) is 4.57 Å². The minimum Gasteiger partial charge on any atom is -0.393 e. The van der Waals surface area contributed by atoms with E-state index >= 15 is 0 Å². The van der Waals surface area contributed by atoms with E-state index in [0.29, 0.717) is 83.2 Å². The molecule has 5 aromatic rings. The average Bonchev–Trinajstić information content (AvgIpc) is 3.74. The molecule has 1 saturated carbocycles. The van der Waals surface area contributed by atoms with Gasteiger partial charge in [0.25, 0.3) is 0 Å². The molecule has 2 aromatic carbocycles. The lowest BCUT2D eigenvalue weighted by atomic mass is 9.93. The van der Waals surface area contributed by atoms with Gasteiger partial charge in [0.2, 0.25) is 17.8 Å². The Kier molecular flexibility index (Phi) is 15.1. The van der Waals surface area contributed by atoms with Gasteiger partial charge in [0.1, 0.15) is 11.7 Å². The second-order valence-electron chi connectivity index (χ2n) is 16.0. The van der Waals surface area contributed by atoms with Crippen molar-refractivity contribution in [2.45, 2.75) is 88.7 Å². The fourth-order valence-corrected chi connectivity index (χ4v) is 8.17. The number of aromatic nitrogens is 5. The summed E-state index contributed by atoms with van der Waals surface area (Å²) in [6.45, 7) is 3.97. The zero-order valence-electron chi connectivity index (χ0n) is 34.9. The maximum absolute atomic E-state index is 13.0. The summed E-state index contributed by atoms with van der Waals surface area (Å²) in [5.41, 5.74) is 5.87. The third-order valence-electron chi connectivity index (χ3n) is 11.5. The minimum atomic E-state index is -4.27. The minimum absolute atomic E-state index is 0.119. The van der Waals surface area contributed by atoms with E-state index in [1.54, 1.807) is 17.8 Å². The molecule has 1 aliphatic heterocycles. The number of hydrogen-bond donors (Lipinski definition) is 4. The summed E-state index contributed by atoms with van der Waals surface area (Å²) in [5, 5.41) is 19.3. The van der Waals surface area contributed by atoms with Crippen molar-refractivity contribution in [3.63, 3.8) is 0 Å². The van der Waals surface area contributed by atoms with Gasteiger partial charge in [0, 0.05) is 69.1 Å². The molecule has 1 saturated heterocycles. The molecule has 4 N–H and O–H groups in total. The second-order valence-corrected chi connectivity index (χ2v) is 16.0. The van der Waals surface area contributed by atoms with Crippen molar-refractivity contribution in [1.82, 2.24) is 34.3 Å². The van der Waals surface area contributed by atoms with Crippen LogP contribution in [0.15, 0.2) is 59.7 Å². The molecule has 7 rings (SSSR count). The molecule has 18 heteroatoms. The van der Waals surface area contributed by atoms with Crippen LogP contribution in [0.5, 0.6) is 0 Å². The number of imide groups is 1. The van der Waals surface area contributed by atoms with E-state index in [2.05, 4.69) is 48.8 Å². The molecule has 334 valence electrons. The molecule has 0 radical (unpaired) electrons. The number of carbonyl (C=O) groups excluding carboxylic acids is 2. The molecular weight excluding hydrogens is 810 g/mol. The van der Waals surface area contributed by atoms with Crippen LogP contribution in [0.3, 0.4) is 0 Å². The molecule has 0 bridgehead atoms. The number of aliphatic hydroxyl groups is 1. The number of alkyl halides is 3. The predicted molar refractivity (Wildman–Crippen MR) is 227 cm³/mol. The molecule has 1 atom stereocenters. The molecule has 2 fully saturated rings. The van der Waals surface area contributed by atoms with Crippen LogP contribution in [0.1, 0.15) is 74.6 Å². The first kappa shape index (κ1) is 44.9. The van der Waals surface area contributed by atoms with Crippen molar-refractivity contribution >= 4 is 39.8 Å². The molecule has 2 amide bonds. The van der Waals surface area contributed by atoms with Crippen molar-refractivity contribution in [3.8, 4) is 11.1 Å². The molecule has 62 heavy (non-hydrogen) atoms. The highest BCUT2D eigenvalue weighted by Crippen LogP contribution is 2.37. The number of benzene rings is 2. The van der Waals surface area contributed by atoms with Crippen molar-refractivity contribution in [3.05, 3.63) is 76.5 Å². The number of imidazole rings is 1. The number of ether oxygens (including phenoxy) is 3. The Morgan fingerprint density at radius 3 is 2.31 bits per heavy atom. The number of hydrogen-bond acceptors (Lipinski definition) is 11. The van der Waals surface area contributed by atoms with Gasteiger partial charge in [-0.1, -0.05) is 30.3 Å². The van der Waals surface area contributed by atoms with Crippen molar-refractivity contribution in [1.29, 1.82) is 0 Å². The number of amides is 2. The first-order chi connectivity index (χ1) is 29.9. The SMILES string of the molecule is Cn1c(=O)n([C@H]2CCC(=O)NC2=O)c2ccc(CCCOCCOCCOCCNCc3ccc(-c4cn(C5CCC(O)CC5)c5nc(NCCC(F)(F)F)ncc45)cc3)cc21. The van der Waals surface area contributed by atoms with Crippen LogP contribution >= 0.6 is 0 Å². The average molecular weight is 865 g/mol. The molecule has 0 spiro atoms. The van der Waals surface area contributed by atoms with Gasteiger partial charge in [-0.15, -0.1) is 0 Å². The lowest BCUT2D eigenvalue weighted by Crippen LogP contribution is -2.44. The zero-order valence-corrected chi connectivity index (χ0v) is 34.9. The maximum Gasteiger partial charge on any atom is 0.390 e. The van der Waals surface area contributed by atoms with Crippen LogP contribution < -0.4 is 21.6 Å². The Morgan fingerprint density at radius 1 is 0.871 bits per heavy atom. The van der Waals surface area contributed by atoms with Gasteiger partial charge < -0.3 is 34.5 Å². The van der Waals surface area contributed by atoms with Gasteiger partial charge in [-0.05, 0) is 73.8 Å². The van der Waals surface area contributed by atoms with E-state index in [0.717, 1.165) is 58.8 Å². The Labute approximate surface area is 356 Å². The number of halogens is 3. The summed E-state index contributed by atoms with van der Waals surface area (Å²) in [5.74, 6) is -0.610. The number of carbonyl (C=O) groups is 2. The summed E-state index contributed by atoms with van der Waals surface area (Å²) in [4.78, 5) is 46.0. The highest BCUT2D eigenvalue weighted by molar-refractivity contribution is 6.00. The van der Waals surface area contributed by atoms with Crippen LogP contribution in [0.2, 0.25) is 0 Å². The van der Waals surface area contributed by atoms with Crippen LogP contribution in [0.4, 0.5) is 19.1 Å². The Hall–Kier alpha value is -5.14. The largest absolute Gasteiger partial charge is 0.393 e. The monoisotopic (exact) mass is 864 g/mol. The van der Waals surface area contributed by atoms with E-state index in [4.69, 9.17) is 14.2 Å². The van der Waals surface area contributed by atoms with Gasteiger partial charge in [-0.25, -0.2) is 9.78 Å². The molecule has 0 unspecified atom stereocenters. The topological polar surface area (TPSA) is 176 Å². The Bertz CT molecular complexity index is 2350. The van der Waals surface area contributed by atoms with Crippen LogP contribution in [0.25, 0.3) is 33.2 Å². The summed E-state index contributed by atoms with van der Waals surface area (Å²) < 4.78 is 60.4. The molecule has 2 aliphatic rings.